The van der Waals surface area contributed by atoms with Gasteiger partial charge in [0.15, 0.2) is 5.69 Å². The molecule has 3 rings (SSSR count). The molecule has 0 aromatic carbocycles. The Balaban J connectivity index is 1.73. The van der Waals surface area contributed by atoms with E-state index in [1.54, 1.807) is 24.3 Å². The summed E-state index contributed by atoms with van der Waals surface area (Å²) in [5.74, 6) is 0.631. The smallest absolute Gasteiger partial charge is 0.252 e. The summed E-state index contributed by atoms with van der Waals surface area (Å²) < 4.78 is 27.8. The van der Waals surface area contributed by atoms with Gasteiger partial charge in [-0.15, -0.1) is 11.3 Å². The molecule has 1 aliphatic rings. The lowest BCUT2D eigenvalue weighted by Crippen LogP contribution is -2.48. The van der Waals surface area contributed by atoms with Crippen LogP contribution in [0.5, 0.6) is 0 Å². The third-order valence-electron chi connectivity index (χ3n) is 3.64. The molecule has 0 N–H and O–H groups in total. The van der Waals surface area contributed by atoms with Crippen LogP contribution in [0.3, 0.4) is 0 Å². The number of nitriles is 1. The molecule has 1 aliphatic heterocycles. The number of anilines is 1. The van der Waals surface area contributed by atoms with Gasteiger partial charge in [0.05, 0.1) is 8.81 Å². The second kappa shape index (κ2) is 6.98. The minimum Gasteiger partial charge on any atom is -0.354 e. The molecule has 6 nitrogen and oxygen atoms in total. The van der Waals surface area contributed by atoms with E-state index >= 15 is 0 Å². The third-order valence-corrected chi connectivity index (χ3v) is 7.94. The maximum Gasteiger partial charge on any atom is 0.252 e. The average Bonchev–Trinajstić information content (AvgIpc) is 3.03. The number of hydrogen-bond donors (Lipinski definition) is 0. The summed E-state index contributed by atoms with van der Waals surface area (Å²) in [5, 5.41) is 9.32. The van der Waals surface area contributed by atoms with Gasteiger partial charge in [-0.1, -0.05) is 11.6 Å². The molecule has 0 radical (unpaired) electrons. The normalized spacial score (nSPS) is 16.1. The van der Waals surface area contributed by atoms with Crippen molar-refractivity contribution in [2.24, 2.45) is 0 Å². The van der Waals surface area contributed by atoms with E-state index in [1.807, 2.05) is 11.0 Å². The fourth-order valence-corrected chi connectivity index (χ4v) is 6.14. The molecule has 24 heavy (non-hydrogen) atoms. The summed E-state index contributed by atoms with van der Waals surface area (Å²) in [6, 6.07) is 8.66. The molecule has 126 valence electrons. The fourth-order valence-electron chi connectivity index (χ4n) is 2.41. The molecular weight excluding hydrogens is 436 g/mol. The number of nitrogens with zero attached hydrogens (tertiary/aromatic N) is 4. The average molecular weight is 448 g/mol. The molecular formula is C14H12BrClN4O2S2. The summed E-state index contributed by atoms with van der Waals surface area (Å²) in [6.45, 7) is 1.74. The number of halogens is 2. The molecule has 0 spiro atoms. The molecule has 10 heteroatoms. The largest absolute Gasteiger partial charge is 0.354 e. The van der Waals surface area contributed by atoms with E-state index in [2.05, 4.69) is 20.9 Å². The molecule has 2 aromatic heterocycles. The Kier molecular flexibility index (Phi) is 5.13. The molecule has 0 atom stereocenters. The molecule has 1 fully saturated rings. The van der Waals surface area contributed by atoms with Crippen LogP contribution in [0.25, 0.3) is 0 Å². The van der Waals surface area contributed by atoms with Crippen molar-refractivity contribution < 1.29 is 8.42 Å². The Labute approximate surface area is 157 Å². The van der Waals surface area contributed by atoms with Crippen molar-refractivity contribution in [3.63, 3.8) is 0 Å². The standard InChI is InChI=1S/C14H12BrClN4O2S2/c15-12-2-4-14(23-12)24(21,22)20-7-5-19(6-8-20)13-3-1-10(16)11(9-17)18-13/h1-4H,5-8H2. The zero-order valence-corrected chi connectivity index (χ0v) is 16.3. The van der Waals surface area contributed by atoms with Crippen LogP contribution in [0.4, 0.5) is 5.82 Å². The molecule has 2 aromatic rings. The number of hydrogen-bond acceptors (Lipinski definition) is 6. The van der Waals surface area contributed by atoms with Gasteiger partial charge in [-0.05, 0) is 40.2 Å². The number of piperazine rings is 1. The maximum atomic E-state index is 12.6. The lowest BCUT2D eigenvalue weighted by Gasteiger charge is -2.34. The molecule has 0 saturated carbocycles. The summed E-state index contributed by atoms with van der Waals surface area (Å²) in [4.78, 5) is 6.18. The van der Waals surface area contributed by atoms with E-state index < -0.39 is 10.0 Å². The van der Waals surface area contributed by atoms with Gasteiger partial charge in [0.1, 0.15) is 16.1 Å². The van der Waals surface area contributed by atoms with Gasteiger partial charge >= 0.3 is 0 Å². The number of pyridine rings is 1. The highest BCUT2D eigenvalue weighted by Gasteiger charge is 2.30. The highest BCUT2D eigenvalue weighted by Crippen LogP contribution is 2.29. The van der Waals surface area contributed by atoms with Gasteiger partial charge in [-0.3, -0.25) is 0 Å². The lowest BCUT2D eigenvalue weighted by atomic mass is 10.3. The number of rotatable bonds is 3. The zero-order valence-electron chi connectivity index (χ0n) is 12.3. The van der Waals surface area contributed by atoms with E-state index in [0.717, 1.165) is 3.79 Å². The summed E-state index contributed by atoms with van der Waals surface area (Å²) in [7, 11) is -3.47. The van der Waals surface area contributed by atoms with Gasteiger partial charge in [0.2, 0.25) is 0 Å². The highest BCUT2D eigenvalue weighted by molar-refractivity contribution is 9.11. The number of aromatic nitrogens is 1. The first-order valence-corrected chi connectivity index (χ1v) is 10.4. The van der Waals surface area contributed by atoms with Gasteiger partial charge in [-0.25, -0.2) is 13.4 Å². The Hall–Kier alpha value is -1.18. The maximum absolute atomic E-state index is 12.6. The predicted molar refractivity (Wildman–Crippen MR) is 97.0 cm³/mol. The second-order valence-corrected chi connectivity index (χ2v) is 10.1. The van der Waals surface area contributed by atoms with Crippen LogP contribution >= 0.6 is 38.9 Å². The predicted octanol–water partition coefficient (Wildman–Crippen LogP) is 2.94. The zero-order chi connectivity index (χ0) is 17.3. The van der Waals surface area contributed by atoms with Crippen molar-refractivity contribution in [1.82, 2.24) is 9.29 Å². The van der Waals surface area contributed by atoms with Crippen molar-refractivity contribution in [2.75, 3.05) is 31.1 Å². The van der Waals surface area contributed by atoms with Crippen LogP contribution in [-0.4, -0.2) is 43.9 Å². The minimum atomic E-state index is -3.47. The SMILES string of the molecule is N#Cc1nc(N2CCN(S(=O)(=O)c3ccc(Br)s3)CC2)ccc1Cl. The topological polar surface area (TPSA) is 77.3 Å². The van der Waals surface area contributed by atoms with Gasteiger partial charge < -0.3 is 4.90 Å². The van der Waals surface area contributed by atoms with Crippen molar-refractivity contribution in [3.05, 3.63) is 38.8 Å². The second-order valence-electron chi connectivity index (χ2n) is 5.06. The molecule has 0 bridgehead atoms. The van der Waals surface area contributed by atoms with Crippen LogP contribution in [0, 0.1) is 11.3 Å². The summed E-state index contributed by atoms with van der Waals surface area (Å²) >= 11 is 10.4. The molecule has 3 heterocycles. The first-order chi connectivity index (χ1) is 11.4. The summed E-state index contributed by atoms with van der Waals surface area (Å²) in [6.07, 6.45) is 0. The van der Waals surface area contributed by atoms with E-state index in [1.165, 1.54) is 15.6 Å². The first-order valence-electron chi connectivity index (χ1n) is 6.99. The van der Waals surface area contributed by atoms with E-state index in [0.29, 0.717) is 41.2 Å². The molecule has 1 saturated heterocycles. The minimum absolute atomic E-state index is 0.174. The van der Waals surface area contributed by atoms with Crippen molar-refractivity contribution in [2.45, 2.75) is 4.21 Å². The Morgan fingerprint density at radius 3 is 2.50 bits per heavy atom. The van der Waals surface area contributed by atoms with Crippen LogP contribution in [0.1, 0.15) is 5.69 Å². The van der Waals surface area contributed by atoms with Crippen LogP contribution in [0.15, 0.2) is 32.3 Å². The van der Waals surface area contributed by atoms with Crippen molar-refractivity contribution in [3.8, 4) is 6.07 Å². The van der Waals surface area contributed by atoms with Gasteiger partial charge in [-0.2, -0.15) is 9.57 Å². The number of thiophene rings is 1. The van der Waals surface area contributed by atoms with E-state index in [-0.39, 0.29) is 5.69 Å². The first kappa shape index (κ1) is 17.6. The third kappa shape index (κ3) is 3.43. The number of sulfonamides is 1. The van der Waals surface area contributed by atoms with Crippen LogP contribution in [0.2, 0.25) is 5.02 Å². The highest BCUT2D eigenvalue weighted by atomic mass is 79.9. The van der Waals surface area contributed by atoms with Crippen molar-refractivity contribution >= 4 is 54.7 Å². The summed E-state index contributed by atoms with van der Waals surface area (Å²) in [5.41, 5.74) is 0.174. The fraction of sp³-hybridized carbons (Fsp3) is 0.286. The molecule has 0 aliphatic carbocycles. The van der Waals surface area contributed by atoms with Gasteiger partial charge in [0, 0.05) is 26.2 Å². The molecule has 0 amide bonds. The van der Waals surface area contributed by atoms with Crippen LogP contribution in [-0.2, 0) is 10.0 Å². The lowest BCUT2D eigenvalue weighted by molar-refractivity contribution is 0.385. The Morgan fingerprint density at radius 1 is 1.21 bits per heavy atom. The van der Waals surface area contributed by atoms with E-state index in [9.17, 15) is 8.42 Å². The molecule has 0 unspecified atom stereocenters. The monoisotopic (exact) mass is 446 g/mol. The quantitative estimate of drug-likeness (QED) is 0.723. The Bertz CT molecular complexity index is 902. The van der Waals surface area contributed by atoms with E-state index in [4.69, 9.17) is 16.9 Å². The van der Waals surface area contributed by atoms with Gasteiger partial charge in [0.25, 0.3) is 10.0 Å². The van der Waals surface area contributed by atoms with Crippen molar-refractivity contribution in [1.29, 1.82) is 5.26 Å². The van der Waals surface area contributed by atoms with Crippen LogP contribution < -0.4 is 4.90 Å². The Morgan fingerprint density at radius 2 is 1.92 bits per heavy atom.